The Labute approximate surface area is 190 Å². The van der Waals surface area contributed by atoms with E-state index < -0.39 is 23.3 Å². The fourth-order valence-electron chi connectivity index (χ4n) is 3.19. The second-order valence-electron chi connectivity index (χ2n) is 6.76. The van der Waals surface area contributed by atoms with Crippen molar-refractivity contribution in [1.82, 2.24) is 10.2 Å². The van der Waals surface area contributed by atoms with Crippen LogP contribution in [0.5, 0.6) is 0 Å². The SMILES string of the molecule is O=C(CSc1nnc(-c2ccccc2)c2ccccc12)Nc1c(Cl)cccc1C(F)(F)F. The van der Waals surface area contributed by atoms with Crippen molar-refractivity contribution >= 4 is 45.7 Å². The van der Waals surface area contributed by atoms with Crippen molar-refractivity contribution < 1.29 is 18.0 Å². The summed E-state index contributed by atoms with van der Waals surface area (Å²) in [5, 5.41) is 12.9. The van der Waals surface area contributed by atoms with E-state index in [2.05, 4.69) is 15.5 Å². The standard InChI is InChI=1S/C23H15ClF3N3OS/c24-18-12-6-11-17(23(25,26)27)21(18)28-19(31)13-32-22-16-10-5-4-9-15(16)20(29-30-22)14-7-2-1-3-8-14/h1-12H,13H2,(H,28,31). The van der Waals surface area contributed by atoms with Gasteiger partial charge in [-0.3, -0.25) is 4.79 Å². The summed E-state index contributed by atoms with van der Waals surface area (Å²) in [5.74, 6) is -0.794. The number of hydrogen-bond acceptors (Lipinski definition) is 4. The Balaban J connectivity index is 1.57. The van der Waals surface area contributed by atoms with Gasteiger partial charge in [-0.15, -0.1) is 10.2 Å². The molecule has 0 unspecified atom stereocenters. The van der Waals surface area contributed by atoms with Crippen molar-refractivity contribution in [2.24, 2.45) is 0 Å². The fraction of sp³-hybridized carbons (Fsp3) is 0.0870. The quantitative estimate of drug-likeness (QED) is 0.328. The molecule has 0 fully saturated rings. The molecule has 3 aromatic carbocycles. The van der Waals surface area contributed by atoms with Crippen LogP contribution in [0.2, 0.25) is 5.02 Å². The van der Waals surface area contributed by atoms with Crippen LogP contribution in [0.15, 0.2) is 77.8 Å². The first-order valence-corrected chi connectivity index (χ1v) is 10.8. The molecule has 0 radical (unpaired) electrons. The number of carbonyl (C=O) groups is 1. The zero-order chi connectivity index (χ0) is 22.7. The second-order valence-corrected chi connectivity index (χ2v) is 8.13. The molecule has 1 heterocycles. The van der Waals surface area contributed by atoms with E-state index in [0.717, 1.165) is 34.2 Å². The van der Waals surface area contributed by atoms with Crippen LogP contribution in [-0.2, 0) is 11.0 Å². The molecule has 0 spiro atoms. The van der Waals surface area contributed by atoms with E-state index in [1.807, 2.05) is 54.6 Å². The van der Waals surface area contributed by atoms with E-state index in [4.69, 9.17) is 11.6 Å². The van der Waals surface area contributed by atoms with Gasteiger partial charge in [0, 0.05) is 16.3 Å². The third kappa shape index (κ3) is 4.71. The highest BCUT2D eigenvalue weighted by Gasteiger charge is 2.34. The van der Waals surface area contributed by atoms with Crippen molar-refractivity contribution in [2.75, 3.05) is 11.1 Å². The molecule has 9 heteroatoms. The zero-order valence-electron chi connectivity index (χ0n) is 16.4. The van der Waals surface area contributed by atoms with Crippen molar-refractivity contribution in [1.29, 1.82) is 0 Å². The van der Waals surface area contributed by atoms with Gasteiger partial charge in [0.2, 0.25) is 5.91 Å². The first kappa shape index (κ1) is 22.1. The van der Waals surface area contributed by atoms with E-state index in [0.29, 0.717) is 10.7 Å². The minimum absolute atomic E-state index is 0.161. The van der Waals surface area contributed by atoms with Crippen molar-refractivity contribution in [3.8, 4) is 11.3 Å². The van der Waals surface area contributed by atoms with Gasteiger partial charge in [-0.05, 0) is 12.1 Å². The summed E-state index contributed by atoms with van der Waals surface area (Å²) in [6, 6.07) is 20.4. The molecular formula is C23H15ClF3N3OS. The first-order chi connectivity index (χ1) is 15.3. The molecule has 0 saturated heterocycles. The van der Waals surface area contributed by atoms with Gasteiger partial charge in [-0.2, -0.15) is 13.2 Å². The van der Waals surface area contributed by atoms with Gasteiger partial charge in [-0.1, -0.05) is 84.0 Å². The highest BCUT2D eigenvalue weighted by molar-refractivity contribution is 8.00. The highest BCUT2D eigenvalue weighted by atomic mass is 35.5. The third-order valence-electron chi connectivity index (χ3n) is 4.62. The van der Waals surface area contributed by atoms with Crippen LogP contribution in [0.3, 0.4) is 0 Å². The predicted octanol–water partition coefficient (Wildman–Crippen LogP) is 6.70. The average molecular weight is 474 g/mol. The van der Waals surface area contributed by atoms with Gasteiger partial charge in [-0.25, -0.2) is 0 Å². The van der Waals surface area contributed by atoms with Gasteiger partial charge < -0.3 is 5.32 Å². The molecule has 1 amide bonds. The van der Waals surface area contributed by atoms with E-state index in [-0.39, 0.29) is 10.8 Å². The van der Waals surface area contributed by atoms with Crippen LogP contribution in [0.4, 0.5) is 18.9 Å². The van der Waals surface area contributed by atoms with Gasteiger partial charge >= 0.3 is 6.18 Å². The number of rotatable bonds is 5. The van der Waals surface area contributed by atoms with Crippen molar-refractivity contribution in [3.63, 3.8) is 0 Å². The Kier molecular flexibility index (Phi) is 6.34. The van der Waals surface area contributed by atoms with Crippen LogP contribution in [-0.4, -0.2) is 21.9 Å². The Morgan fingerprint density at radius 1 is 0.906 bits per heavy atom. The minimum atomic E-state index is -4.64. The number of carbonyl (C=O) groups excluding carboxylic acids is 1. The number of nitrogens with zero attached hydrogens (tertiary/aromatic N) is 2. The number of thioether (sulfide) groups is 1. The number of amides is 1. The van der Waals surface area contributed by atoms with Gasteiger partial charge in [0.1, 0.15) is 10.7 Å². The molecule has 0 bridgehead atoms. The Bertz CT molecular complexity index is 1280. The van der Waals surface area contributed by atoms with E-state index in [1.54, 1.807) is 0 Å². The second kappa shape index (κ2) is 9.18. The monoisotopic (exact) mass is 473 g/mol. The number of aromatic nitrogens is 2. The summed E-state index contributed by atoms with van der Waals surface area (Å²) in [5.41, 5.74) is 0.160. The molecule has 1 aromatic heterocycles. The minimum Gasteiger partial charge on any atom is -0.324 e. The van der Waals surface area contributed by atoms with E-state index in [9.17, 15) is 18.0 Å². The number of benzene rings is 3. The lowest BCUT2D eigenvalue weighted by Gasteiger charge is -2.15. The van der Waals surface area contributed by atoms with Crippen LogP contribution < -0.4 is 5.32 Å². The molecule has 0 aliphatic rings. The summed E-state index contributed by atoms with van der Waals surface area (Å²) in [6.45, 7) is 0. The van der Waals surface area contributed by atoms with Crippen LogP contribution in [0.25, 0.3) is 22.0 Å². The maximum atomic E-state index is 13.2. The summed E-state index contributed by atoms with van der Waals surface area (Å²) in [4.78, 5) is 12.4. The number of halogens is 4. The Hall–Kier alpha value is -3.10. The van der Waals surface area contributed by atoms with Gasteiger partial charge in [0.05, 0.1) is 22.0 Å². The number of anilines is 1. The molecule has 4 aromatic rings. The van der Waals surface area contributed by atoms with E-state index >= 15 is 0 Å². The van der Waals surface area contributed by atoms with Crippen LogP contribution in [0.1, 0.15) is 5.56 Å². The zero-order valence-corrected chi connectivity index (χ0v) is 17.9. The molecule has 0 saturated carbocycles. The summed E-state index contributed by atoms with van der Waals surface area (Å²) in [7, 11) is 0. The van der Waals surface area contributed by atoms with E-state index in [1.165, 1.54) is 12.1 Å². The number of alkyl halides is 3. The van der Waals surface area contributed by atoms with Crippen LogP contribution >= 0.6 is 23.4 Å². The number of nitrogens with one attached hydrogen (secondary N) is 1. The maximum absolute atomic E-state index is 13.2. The lowest BCUT2D eigenvalue weighted by molar-refractivity contribution is -0.137. The number of para-hydroxylation sites is 1. The Morgan fingerprint density at radius 3 is 2.31 bits per heavy atom. The fourth-order valence-corrected chi connectivity index (χ4v) is 4.19. The van der Waals surface area contributed by atoms with Gasteiger partial charge in [0.25, 0.3) is 0 Å². The summed E-state index contributed by atoms with van der Waals surface area (Å²) >= 11 is 7.00. The first-order valence-electron chi connectivity index (χ1n) is 9.44. The smallest absolute Gasteiger partial charge is 0.324 e. The summed E-state index contributed by atoms with van der Waals surface area (Å²) < 4.78 is 39.7. The normalized spacial score (nSPS) is 11.5. The molecule has 0 atom stereocenters. The molecule has 4 rings (SSSR count). The van der Waals surface area contributed by atoms with Crippen LogP contribution in [0, 0.1) is 0 Å². The maximum Gasteiger partial charge on any atom is 0.418 e. The lowest BCUT2D eigenvalue weighted by Crippen LogP contribution is -2.18. The summed E-state index contributed by atoms with van der Waals surface area (Å²) in [6.07, 6.45) is -4.64. The Morgan fingerprint density at radius 2 is 1.59 bits per heavy atom. The van der Waals surface area contributed by atoms with Gasteiger partial charge in [0.15, 0.2) is 0 Å². The lowest BCUT2D eigenvalue weighted by atomic mass is 10.1. The predicted molar refractivity (Wildman–Crippen MR) is 121 cm³/mol. The third-order valence-corrected chi connectivity index (χ3v) is 5.92. The van der Waals surface area contributed by atoms with Crippen molar-refractivity contribution in [2.45, 2.75) is 11.2 Å². The molecule has 162 valence electrons. The molecular weight excluding hydrogens is 459 g/mol. The molecule has 32 heavy (non-hydrogen) atoms. The molecule has 4 nitrogen and oxygen atoms in total. The molecule has 1 N–H and O–H groups in total. The van der Waals surface area contributed by atoms with Crippen molar-refractivity contribution in [3.05, 3.63) is 83.4 Å². The average Bonchev–Trinajstić information content (AvgIpc) is 2.78. The number of hydrogen-bond donors (Lipinski definition) is 1. The number of fused-ring (bicyclic) bond motifs is 1. The highest BCUT2D eigenvalue weighted by Crippen LogP contribution is 2.38. The molecule has 0 aliphatic carbocycles. The topological polar surface area (TPSA) is 54.9 Å². The molecule has 0 aliphatic heterocycles. The largest absolute Gasteiger partial charge is 0.418 e.